The fraction of sp³-hybridized carbons (Fsp3) is 0.286. The Hall–Kier alpha value is -1.86. The third-order valence-electron chi connectivity index (χ3n) is 3.50. The Morgan fingerprint density at radius 3 is 2.81 bits per heavy atom. The van der Waals surface area contributed by atoms with Crippen molar-refractivity contribution in [2.45, 2.75) is 12.5 Å². The van der Waals surface area contributed by atoms with Gasteiger partial charge < -0.3 is 14.7 Å². The molecule has 1 unspecified atom stereocenters. The Bertz CT molecular complexity index is 691. The van der Waals surface area contributed by atoms with Crippen LogP contribution in [0.4, 0.5) is 0 Å². The van der Waals surface area contributed by atoms with E-state index in [-0.39, 0.29) is 5.91 Å². The molecule has 1 amide bonds. The van der Waals surface area contributed by atoms with Gasteiger partial charge in [-0.15, -0.1) is 22.7 Å². The lowest BCUT2D eigenvalue weighted by Crippen LogP contribution is -2.42. The Morgan fingerprint density at radius 1 is 1.33 bits per heavy atom. The number of methoxy groups -OCH3 is 1. The Labute approximate surface area is 129 Å². The highest BCUT2D eigenvalue weighted by Crippen LogP contribution is 2.36. The fourth-order valence-corrected chi connectivity index (χ4v) is 4.26. The molecule has 0 saturated carbocycles. The molecule has 3 rings (SSSR count). The second-order valence-corrected chi connectivity index (χ2v) is 6.52. The van der Waals surface area contributed by atoms with Crippen LogP contribution < -0.4 is 4.74 Å². The van der Waals surface area contributed by atoms with Gasteiger partial charge in [0, 0.05) is 11.4 Å². The molecule has 21 heavy (non-hydrogen) atoms. The van der Waals surface area contributed by atoms with E-state index in [2.05, 4.69) is 0 Å². The number of thiophene rings is 2. The van der Waals surface area contributed by atoms with E-state index in [4.69, 9.17) is 4.74 Å². The van der Waals surface area contributed by atoms with Crippen molar-refractivity contribution in [3.63, 3.8) is 0 Å². The smallest absolute Gasteiger partial charge is 0.331 e. The van der Waals surface area contributed by atoms with Gasteiger partial charge in [0.15, 0.2) is 6.04 Å². The Morgan fingerprint density at radius 2 is 2.10 bits per heavy atom. The van der Waals surface area contributed by atoms with Crippen LogP contribution >= 0.6 is 22.7 Å². The summed E-state index contributed by atoms with van der Waals surface area (Å²) in [6.45, 7) is 0.407. The number of carboxylic acid groups (broad SMARTS) is 1. The molecule has 0 bridgehead atoms. The molecule has 0 aliphatic carbocycles. The van der Waals surface area contributed by atoms with Crippen molar-refractivity contribution >= 4 is 34.6 Å². The lowest BCUT2D eigenvalue weighted by atomic mass is 10.00. The van der Waals surface area contributed by atoms with E-state index >= 15 is 0 Å². The van der Waals surface area contributed by atoms with Gasteiger partial charge in [-0.05, 0) is 34.9 Å². The van der Waals surface area contributed by atoms with Crippen molar-refractivity contribution in [1.82, 2.24) is 4.90 Å². The number of amides is 1. The zero-order valence-corrected chi connectivity index (χ0v) is 12.9. The van der Waals surface area contributed by atoms with Crippen molar-refractivity contribution in [3.05, 3.63) is 38.2 Å². The quantitative estimate of drug-likeness (QED) is 0.943. The van der Waals surface area contributed by atoms with Crippen molar-refractivity contribution in [3.8, 4) is 5.75 Å². The predicted octanol–water partition coefficient (Wildman–Crippen LogP) is 2.64. The molecular formula is C14H13NO4S2. The molecule has 3 heterocycles. The normalized spacial score (nSPS) is 17.4. The third-order valence-corrected chi connectivity index (χ3v) is 5.38. The number of carbonyl (C=O) groups excluding carboxylic acids is 1. The number of ether oxygens (including phenoxy) is 1. The summed E-state index contributed by atoms with van der Waals surface area (Å²) in [6.07, 6.45) is 0.691. The van der Waals surface area contributed by atoms with Crippen LogP contribution in [-0.4, -0.2) is 35.5 Å². The molecule has 1 aliphatic rings. The summed E-state index contributed by atoms with van der Waals surface area (Å²) in [7, 11) is 1.50. The Balaban J connectivity index is 1.98. The topological polar surface area (TPSA) is 66.8 Å². The molecule has 0 fully saturated rings. The van der Waals surface area contributed by atoms with E-state index in [1.165, 1.54) is 23.3 Å². The van der Waals surface area contributed by atoms with Crippen molar-refractivity contribution in [2.24, 2.45) is 0 Å². The van der Waals surface area contributed by atoms with Gasteiger partial charge in [-0.25, -0.2) is 4.79 Å². The highest BCUT2D eigenvalue weighted by molar-refractivity contribution is 7.12. The zero-order chi connectivity index (χ0) is 15.0. The molecule has 1 aliphatic heterocycles. The van der Waals surface area contributed by atoms with Crippen LogP contribution in [0, 0.1) is 0 Å². The highest BCUT2D eigenvalue weighted by Gasteiger charge is 2.38. The molecule has 1 N–H and O–H groups in total. The molecule has 0 radical (unpaired) electrons. The number of nitrogens with zero attached hydrogens (tertiary/aromatic N) is 1. The first kappa shape index (κ1) is 14.1. The number of carboxylic acids is 1. The van der Waals surface area contributed by atoms with Crippen LogP contribution in [-0.2, 0) is 11.2 Å². The van der Waals surface area contributed by atoms with Gasteiger partial charge in [0.2, 0.25) is 0 Å². The zero-order valence-electron chi connectivity index (χ0n) is 11.2. The first-order valence-electron chi connectivity index (χ1n) is 6.35. The minimum absolute atomic E-state index is 0.286. The summed E-state index contributed by atoms with van der Waals surface area (Å²) in [6, 6.07) is 2.59. The molecule has 2 aromatic heterocycles. The summed E-state index contributed by atoms with van der Waals surface area (Å²) in [5.74, 6) is -0.797. The van der Waals surface area contributed by atoms with Crippen LogP contribution in [0.3, 0.4) is 0 Å². The molecule has 1 atom stereocenters. The van der Waals surface area contributed by atoms with Crippen molar-refractivity contribution < 1.29 is 19.4 Å². The molecule has 5 nitrogen and oxygen atoms in total. The van der Waals surface area contributed by atoms with E-state index in [1.54, 1.807) is 28.8 Å². The molecule has 110 valence electrons. The Kier molecular flexibility index (Phi) is 3.69. The second-order valence-electron chi connectivity index (χ2n) is 4.61. The maximum atomic E-state index is 12.7. The van der Waals surface area contributed by atoms with E-state index < -0.39 is 12.0 Å². The largest absolute Gasteiger partial charge is 0.495 e. The van der Waals surface area contributed by atoms with Gasteiger partial charge in [0.1, 0.15) is 10.6 Å². The van der Waals surface area contributed by atoms with Crippen molar-refractivity contribution in [2.75, 3.05) is 13.7 Å². The van der Waals surface area contributed by atoms with Crippen LogP contribution in [0.5, 0.6) is 5.75 Å². The van der Waals surface area contributed by atoms with Crippen LogP contribution in [0.1, 0.15) is 26.2 Å². The second kappa shape index (κ2) is 5.50. The van der Waals surface area contributed by atoms with Crippen molar-refractivity contribution in [1.29, 1.82) is 0 Å². The SMILES string of the molecule is COc1ccsc1C(=O)N1CCc2sccc2C1C(=O)O. The van der Waals surface area contributed by atoms with Crippen LogP contribution in [0.2, 0.25) is 0 Å². The van der Waals surface area contributed by atoms with Crippen LogP contribution in [0.25, 0.3) is 0 Å². The fourth-order valence-electron chi connectivity index (χ4n) is 2.55. The lowest BCUT2D eigenvalue weighted by Gasteiger charge is -2.33. The van der Waals surface area contributed by atoms with Gasteiger partial charge in [-0.2, -0.15) is 0 Å². The minimum atomic E-state index is -1.00. The standard InChI is InChI=1S/C14H13NO4S2/c1-19-9-4-7-21-12(9)13(16)15-5-2-10-8(3-6-20-10)11(15)14(17)18/h3-4,6-7,11H,2,5H2,1H3,(H,17,18). The van der Waals surface area contributed by atoms with Gasteiger partial charge in [0.25, 0.3) is 5.91 Å². The summed E-state index contributed by atoms with van der Waals surface area (Å²) >= 11 is 2.81. The lowest BCUT2D eigenvalue weighted by molar-refractivity contribution is -0.142. The average molecular weight is 323 g/mol. The first-order chi connectivity index (χ1) is 10.1. The monoisotopic (exact) mass is 323 g/mol. The van der Waals surface area contributed by atoms with E-state index in [1.807, 2.05) is 5.38 Å². The number of rotatable bonds is 3. The van der Waals surface area contributed by atoms with Crippen LogP contribution in [0.15, 0.2) is 22.9 Å². The molecular weight excluding hydrogens is 310 g/mol. The van der Waals surface area contributed by atoms with E-state index in [0.717, 1.165) is 10.4 Å². The molecule has 0 spiro atoms. The maximum absolute atomic E-state index is 12.7. The maximum Gasteiger partial charge on any atom is 0.331 e. The van der Waals surface area contributed by atoms with Gasteiger partial charge in [0.05, 0.1) is 7.11 Å². The molecule has 7 heteroatoms. The van der Waals surface area contributed by atoms with E-state index in [9.17, 15) is 14.7 Å². The van der Waals surface area contributed by atoms with Gasteiger partial charge in [-0.3, -0.25) is 4.79 Å². The predicted molar refractivity (Wildman–Crippen MR) is 80.3 cm³/mol. The number of aliphatic carboxylic acids is 1. The number of carbonyl (C=O) groups is 2. The summed E-state index contributed by atoms with van der Waals surface area (Å²) in [4.78, 5) is 27.2. The molecule has 0 aromatic carbocycles. The van der Waals surface area contributed by atoms with Gasteiger partial charge in [-0.1, -0.05) is 0 Å². The minimum Gasteiger partial charge on any atom is -0.495 e. The number of hydrogen-bond donors (Lipinski definition) is 1. The van der Waals surface area contributed by atoms with Gasteiger partial charge >= 0.3 is 5.97 Å². The number of fused-ring (bicyclic) bond motifs is 1. The third kappa shape index (κ3) is 2.32. The summed E-state index contributed by atoms with van der Waals surface area (Å²) in [5.41, 5.74) is 0.725. The summed E-state index contributed by atoms with van der Waals surface area (Å²) < 4.78 is 5.17. The highest BCUT2D eigenvalue weighted by atomic mass is 32.1. The molecule has 2 aromatic rings. The summed E-state index contributed by atoms with van der Waals surface area (Å²) in [5, 5.41) is 13.2. The number of hydrogen-bond acceptors (Lipinski definition) is 5. The van der Waals surface area contributed by atoms with E-state index in [0.29, 0.717) is 23.6 Å². The molecule has 0 saturated heterocycles. The average Bonchev–Trinajstić information content (AvgIpc) is 3.13. The first-order valence-corrected chi connectivity index (χ1v) is 8.11.